The first-order valence-electron chi connectivity index (χ1n) is 5.71. The van der Waals surface area contributed by atoms with Gasteiger partial charge >= 0.3 is 0 Å². The molecule has 2 aromatic rings. The van der Waals surface area contributed by atoms with Gasteiger partial charge in [0.2, 0.25) is 0 Å². The minimum Gasteiger partial charge on any atom is -0.397 e. The molecule has 0 saturated heterocycles. The van der Waals surface area contributed by atoms with Crippen LogP contribution in [0.25, 0.3) is 0 Å². The summed E-state index contributed by atoms with van der Waals surface area (Å²) in [6.45, 7) is 2.84. The van der Waals surface area contributed by atoms with Crippen LogP contribution in [0.3, 0.4) is 0 Å². The van der Waals surface area contributed by atoms with E-state index in [4.69, 9.17) is 11.0 Å². The summed E-state index contributed by atoms with van der Waals surface area (Å²) in [5.41, 5.74) is 7.91. The topological polar surface area (TPSA) is 79.7 Å². The number of nitrogens with one attached hydrogen (secondary N) is 1. The van der Waals surface area contributed by atoms with Gasteiger partial charge in [-0.2, -0.15) is 5.26 Å². The summed E-state index contributed by atoms with van der Waals surface area (Å²) >= 11 is 0. The minimum absolute atomic E-state index is 0.190. The number of aromatic nitrogens is 2. The van der Waals surface area contributed by atoms with Gasteiger partial charge in [0.15, 0.2) is 0 Å². The Morgan fingerprint density at radius 3 is 3.06 bits per heavy atom. The van der Waals surface area contributed by atoms with Crippen LogP contribution in [0.2, 0.25) is 0 Å². The number of nitriles is 1. The van der Waals surface area contributed by atoms with Crippen molar-refractivity contribution in [3.63, 3.8) is 0 Å². The molecule has 5 nitrogen and oxygen atoms in total. The molecule has 2 rings (SSSR count). The van der Waals surface area contributed by atoms with E-state index in [0.717, 1.165) is 12.2 Å². The van der Waals surface area contributed by atoms with Crippen LogP contribution in [0, 0.1) is 11.3 Å². The van der Waals surface area contributed by atoms with Gasteiger partial charge in [-0.1, -0.05) is 0 Å². The predicted molar refractivity (Wildman–Crippen MR) is 70.9 cm³/mol. The molecule has 0 aliphatic heterocycles. The van der Waals surface area contributed by atoms with E-state index in [1.54, 1.807) is 30.7 Å². The fourth-order valence-electron chi connectivity index (χ4n) is 1.77. The van der Waals surface area contributed by atoms with Crippen molar-refractivity contribution in [1.29, 1.82) is 5.26 Å². The minimum atomic E-state index is 0.190. The third-order valence-corrected chi connectivity index (χ3v) is 2.63. The molecule has 1 heterocycles. The van der Waals surface area contributed by atoms with Crippen LogP contribution in [0.1, 0.15) is 12.5 Å². The molecule has 0 radical (unpaired) electrons. The fourth-order valence-corrected chi connectivity index (χ4v) is 1.77. The molecule has 1 aromatic heterocycles. The van der Waals surface area contributed by atoms with E-state index in [-0.39, 0.29) is 6.04 Å². The summed E-state index contributed by atoms with van der Waals surface area (Å²) < 4.78 is 1.99. The number of nitrogens with two attached hydrogens (primary N) is 1. The van der Waals surface area contributed by atoms with E-state index in [1.165, 1.54) is 0 Å². The van der Waals surface area contributed by atoms with E-state index < -0.39 is 0 Å². The Morgan fingerprint density at radius 1 is 1.56 bits per heavy atom. The number of hydrogen-bond donors (Lipinski definition) is 2. The van der Waals surface area contributed by atoms with Gasteiger partial charge in [-0.25, -0.2) is 4.98 Å². The van der Waals surface area contributed by atoms with Crippen molar-refractivity contribution in [3.8, 4) is 6.07 Å². The molecule has 5 heteroatoms. The normalized spacial score (nSPS) is 11.8. The molecule has 0 aliphatic carbocycles. The van der Waals surface area contributed by atoms with Crippen LogP contribution in [-0.2, 0) is 6.54 Å². The molecule has 92 valence electrons. The third-order valence-electron chi connectivity index (χ3n) is 2.63. The first-order valence-corrected chi connectivity index (χ1v) is 5.71. The van der Waals surface area contributed by atoms with Gasteiger partial charge in [0.05, 0.1) is 29.3 Å². The number of hydrogen-bond acceptors (Lipinski definition) is 4. The summed E-state index contributed by atoms with van der Waals surface area (Å²) in [4.78, 5) is 3.99. The summed E-state index contributed by atoms with van der Waals surface area (Å²) in [7, 11) is 0. The van der Waals surface area contributed by atoms with Gasteiger partial charge in [-0.05, 0) is 25.1 Å². The molecule has 0 aliphatic rings. The SMILES string of the molecule is CC(Cn1ccnc1)Nc1cc(C#N)ccc1N. The summed E-state index contributed by atoms with van der Waals surface area (Å²) in [5, 5.41) is 12.2. The highest BCUT2D eigenvalue weighted by Gasteiger charge is 2.06. The molecule has 0 fully saturated rings. The molecule has 1 aromatic carbocycles. The molecule has 0 saturated carbocycles. The monoisotopic (exact) mass is 241 g/mol. The zero-order valence-electron chi connectivity index (χ0n) is 10.2. The van der Waals surface area contributed by atoms with E-state index in [1.807, 2.05) is 10.8 Å². The molecule has 0 amide bonds. The summed E-state index contributed by atoms with van der Waals surface area (Å²) in [5.74, 6) is 0. The average molecular weight is 241 g/mol. The second-order valence-electron chi connectivity index (χ2n) is 4.22. The fraction of sp³-hybridized carbons (Fsp3) is 0.231. The Bertz CT molecular complexity index is 553. The van der Waals surface area contributed by atoms with Crippen molar-refractivity contribution in [2.24, 2.45) is 0 Å². The first kappa shape index (κ1) is 12.0. The van der Waals surface area contributed by atoms with Crippen molar-refractivity contribution < 1.29 is 0 Å². The largest absolute Gasteiger partial charge is 0.397 e. The molecule has 0 bridgehead atoms. The van der Waals surface area contributed by atoms with Crippen LogP contribution in [0.5, 0.6) is 0 Å². The maximum Gasteiger partial charge on any atom is 0.0992 e. The van der Waals surface area contributed by atoms with Crippen LogP contribution in [0.4, 0.5) is 11.4 Å². The van der Waals surface area contributed by atoms with Crippen LogP contribution >= 0.6 is 0 Å². The standard InChI is InChI=1S/C13H15N5/c1-10(8-18-5-4-16-9-18)17-13-6-11(7-14)2-3-12(13)15/h2-6,9-10,17H,8,15H2,1H3. The zero-order chi connectivity index (χ0) is 13.0. The van der Waals surface area contributed by atoms with Crippen LogP contribution < -0.4 is 11.1 Å². The zero-order valence-corrected chi connectivity index (χ0v) is 10.2. The van der Waals surface area contributed by atoms with Gasteiger partial charge in [0, 0.05) is 25.0 Å². The van der Waals surface area contributed by atoms with E-state index in [0.29, 0.717) is 11.3 Å². The number of nitrogen functional groups attached to an aromatic ring is 1. The summed E-state index contributed by atoms with van der Waals surface area (Å²) in [6, 6.07) is 7.51. The maximum atomic E-state index is 8.86. The molecule has 18 heavy (non-hydrogen) atoms. The number of benzene rings is 1. The molecule has 3 N–H and O–H groups in total. The molecular formula is C13H15N5. The van der Waals surface area contributed by atoms with Crippen molar-refractivity contribution in [1.82, 2.24) is 9.55 Å². The highest BCUT2D eigenvalue weighted by Crippen LogP contribution is 2.20. The highest BCUT2D eigenvalue weighted by atomic mass is 15.1. The third kappa shape index (κ3) is 2.80. The van der Waals surface area contributed by atoms with Gasteiger partial charge in [-0.15, -0.1) is 0 Å². The van der Waals surface area contributed by atoms with Gasteiger partial charge in [0.1, 0.15) is 0 Å². The predicted octanol–water partition coefficient (Wildman–Crippen LogP) is 1.84. The molecule has 1 atom stereocenters. The molecule has 0 spiro atoms. The van der Waals surface area contributed by atoms with Crippen molar-refractivity contribution in [2.75, 3.05) is 11.1 Å². The Morgan fingerprint density at radius 2 is 2.39 bits per heavy atom. The Labute approximate surface area is 106 Å². The number of anilines is 2. The lowest BCUT2D eigenvalue weighted by molar-refractivity contribution is 0.619. The van der Waals surface area contributed by atoms with Crippen molar-refractivity contribution in [2.45, 2.75) is 19.5 Å². The lowest BCUT2D eigenvalue weighted by Crippen LogP contribution is -2.21. The van der Waals surface area contributed by atoms with E-state index in [2.05, 4.69) is 23.3 Å². The van der Waals surface area contributed by atoms with E-state index >= 15 is 0 Å². The highest BCUT2D eigenvalue weighted by molar-refractivity contribution is 5.68. The van der Waals surface area contributed by atoms with Crippen LogP contribution in [0.15, 0.2) is 36.9 Å². The number of nitrogens with zero attached hydrogens (tertiary/aromatic N) is 3. The Balaban J connectivity index is 2.07. The molecule has 1 unspecified atom stereocenters. The average Bonchev–Trinajstić information content (AvgIpc) is 2.84. The van der Waals surface area contributed by atoms with Crippen LogP contribution in [-0.4, -0.2) is 15.6 Å². The first-order chi connectivity index (χ1) is 8.69. The number of rotatable bonds is 4. The quantitative estimate of drug-likeness (QED) is 0.800. The molecular weight excluding hydrogens is 226 g/mol. The Kier molecular flexibility index (Phi) is 3.49. The summed E-state index contributed by atoms with van der Waals surface area (Å²) in [6.07, 6.45) is 5.43. The van der Waals surface area contributed by atoms with Gasteiger partial charge in [0.25, 0.3) is 0 Å². The lowest BCUT2D eigenvalue weighted by Gasteiger charge is -2.17. The van der Waals surface area contributed by atoms with Crippen molar-refractivity contribution >= 4 is 11.4 Å². The lowest BCUT2D eigenvalue weighted by atomic mass is 10.1. The second kappa shape index (κ2) is 5.23. The van der Waals surface area contributed by atoms with Crippen molar-refractivity contribution in [3.05, 3.63) is 42.5 Å². The number of imidazole rings is 1. The second-order valence-corrected chi connectivity index (χ2v) is 4.22. The van der Waals surface area contributed by atoms with Gasteiger partial charge in [-0.3, -0.25) is 0 Å². The Hall–Kier alpha value is -2.48. The van der Waals surface area contributed by atoms with E-state index in [9.17, 15) is 0 Å². The van der Waals surface area contributed by atoms with Gasteiger partial charge < -0.3 is 15.6 Å². The maximum absolute atomic E-state index is 8.86. The smallest absolute Gasteiger partial charge is 0.0992 e.